The molecule has 0 fully saturated rings. The van der Waals surface area contributed by atoms with E-state index < -0.39 is 0 Å². The van der Waals surface area contributed by atoms with Gasteiger partial charge in [-0.25, -0.2) is 0 Å². The summed E-state index contributed by atoms with van der Waals surface area (Å²) in [6, 6.07) is 13.4. The van der Waals surface area contributed by atoms with Crippen molar-refractivity contribution in [1.29, 1.82) is 0 Å². The third-order valence-electron chi connectivity index (χ3n) is 3.01. The van der Waals surface area contributed by atoms with Crippen molar-refractivity contribution in [2.75, 3.05) is 0 Å². The predicted octanol–water partition coefficient (Wildman–Crippen LogP) is 4.72. The molecule has 0 aliphatic heterocycles. The summed E-state index contributed by atoms with van der Waals surface area (Å²) in [7, 11) is 0. The summed E-state index contributed by atoms with van der Waals surface area (Å²) in [5.41, 5.74) is 2.95. The molecule has 2 nitrogen and oxygen atoms in total. The van der Waals surface area contributed by atoms with E-state index in [2.05, 4.69) is 26.0 Å². The molecule has 0 heterocycles. The molecular formula is C17H18O2. The Balaban J connectivity index is 2.36. The Kier molecular flexibility index (Phi) is 4.00. The van der Waals surface area contributed by atoms with Gasteiger partial charge in [-0.1, -0.05) is 38.1 Å². The Labute approximate surface area is 114 Å². The Hall–Kier alpha value is -2.09. The standard InChI is InChI=1S/C17H18O2/c1-12(2)16-8-7-13(3)9-17(16)19-15-6-4-5-14(10-15)11-18/h4-12H,1-3H3. The molecule has 2 rings (SSSR count). The normalized spacial score (nSPS) is 10.5. The molecule has 0 spiro atoms. The van der Waals surface area contributed by atoms with E-state index in [9.17, 15) is 4.79 Å². The molecule has 0 saturated carbocycles. The zero-order valence-corrected chi connectivity index (χ0v) is 11.5. The summed E-state index contributed by atoms with van der Waals surface area (Å²) in [6.07, 6.45) is 0.826. The number of benzene rings is 2. The molecule has 0 bridgehead atoms. The molecule has 0 aromatic heterocycles. The van der Waals surface area contributed by atoms with E-state index >= 15 is 0 Å². The fraction of sp³-hybridized carbons (Fsp3) is 0.235. The molecule has 2 aromatic rings. The minimum absolute atomic E-state index is 0.393. The van der Waals surface area contributed by atoms with Crippen molar-refractivity contribution in [3.05, 3.63) is 59.2 Å². The highest BCUT2D eigenvalue weighted by Gasteiger charge is 2.09. The van der Waals surface area contributed by atoms with E-state index in [-0.39, 0.29) is 0 Å². The van der Waals surface area contributed by atoms with Gasteiger partial charge in [0.2, 0.25) is 0 Å². The van der Waals surface area contributed by atoms with Gasteiger partial charge in [-0.3, -0.25) is 4.79 Å². The van der Waals surface area contributed by atoms with Gasteiger partial charge in [0.05, 0.1) is 0 Å². The number of aryl methyl sites for hydroxylation is 1. The molecule has 2 heteroatoms. The second-order valence-corrected chi connectivity index (χ2v) is 4.99. The van der Waals surface area contributed by atoms with Crippen LogP contribution < -0.4 is 4.74 Å². The van der Waals surface area contributed by atoms with Crippen LogP contribution in [0, 0.1) is 6.92 Å². The lowest BCUT2D eigenvalue weighted by Crippen LogP contribution is -1.95. The first-order chi connectivity index (χ1) is 9.10. The first kappa shape index (κ1) is 13.3. The lowest BCUT2D eigenvalue weighted by molar-refractivity contribution is 0.112. The summed E-state index contributed by atoms with van der Waals surface area (Å²) in [6.45, 7) is 6.32. The van der Waals surface area contributed by atoms with Gasteiger partial charge in [-0.05, 0) is 42.2 Å². The highest BCUT2D eigenvalue weighted by atomic mass is 16.5. The van der Waals surface area contributed by atoms with Crippen LogP contribution in [0.15, 0.2) is 42.5 Å². The van der Waals surface area contributed by atoms with Crippen LogP contribution in [-0.4, -0.2) is 6.29 Å². The highest BCUT2D eigenvalue weighted by molar-refractivity contribution is 5.75. The predicted molar refractivity (Wildman–Crippen MR) is 77.2 cm³/mol. The maximum absolute atomic E-state index is 10.8. The number of carbonyl (C=O) groups is 1. The number of hydrogen-bond donors (Lipinski definition) is 0. The van der Waals surface area contributed by atoms with Crippen molar-refractivity contribution >= 4 is 6.29 Å². The van der Waals surface area contributed by atoms with Gasteiger partial charge < -0.3 is 4.74 Å². The molecular weight excluding hydrogens is 236 g/mol. The molecule has 0 amide bonds. The van der Waals surface area contributed by atoms with Gasteiger partial charge >= 0.3 is 0 Å². The van der Waals surface area contributed by atoms with Crippen LogP contribution in [0.4, 0.5) is 0 Å². The van der Waals surface area contributed by atoms with Crippen LogP contribution in [0.5, 0.6) is 11.5 Å². The van der Waals surface area contributed by atoms with Crippen LogP contribution in [0.2, 0.25) is 0 Å². The topological polar surface area (TPSA) is 26.3 Å². The maximum Gasteiger partial charge on any atom is 0.150 e. The van der Waals surface area contributed by atoms with E-state index in [1.54, 1.807) is 12.1 Å². The van der Waals surface area contributed by atoms with E-state index in [1.807, 2.05) is 25.1 Å². The number of carbonyl (C=O) groups excluding carboxylic acids is 1. The van der Waals surface area contributed by atoms with E-state index in [1.165, 1.54) is 5.56 Å². The molecule has 0 N–H and O–H groups in total. The van der Waals surface area contributed by atoms with Crippen LogP contribution >= 0.6 is 0 Å². The molecule has 0 aliphatic carbocycles. The van der Waals surface area contributed by atoms with Crippen molar-refractivity contribution in [3.8, 4) is 11.5 Å². The molecule has 0 atom stereocenters. The molecule has 19 heavy (non-hydrogen) atoms. The fourth-order valence-corrected chi connectivity index (χ4v) is 1.99. The molecule has 0 aliphatic rings. The van der Waals surface area contributed by atoms with E-state index in [0.29, 0.717) is 17.2 Å². The minimum atomic E-state index is 0.393. The van der Waals surface area contributed by atoms with Crippen molar-refractivity contribution in [3.63, 3.8) is 0 Å². The Bertz CT molecular complexity index is 586. The van der Waals surface area contributed by atoms with Crippen LogP contribution in [-0.2, 0) is 0 Å². The Morgan fingerprint density at radius 3 is 2.58 bits per heavy atom. The first-order valence-electron chi connectivity index (χ1n) is 6.44. The van der Waals surface area contributed by atoms with Gasteiger partial charge in [0, 0.05) is 5.56 Å². The lowest BCUT2D eigenvalue weighted by atomic mass is 10.0. The molecule has 0 radical (unpaired) electrons. The monoisotopic (exact) mass is 254 g/mol. The molecule has 98 valence electrons. The third-order valence-corrected chi connectivity index (χ3v) is 3.01. The quantitative estimate of drug-likeness (QED) is 0.738. The average molecular weight is 254 g/mol. The van der Waals surface area contributed by atoms with Crippen molar-refractivity contribution < 1.29 is 9.53 Å². The fourth-order valence-electron chi connectivity index (χ4n) is 1.99. The average Bonchev–Trinajstić information content (AvgIpc) is 2.38. The summed E-state index contributed by atoms with van der Waals surface area (Å²) in [5, 5.41) is 0. The van der Waals surface area contributed by atoms with Crippen LogP contribution in [0.25, 0.3) is 0 Å². The van der Waals surface area contributed by atoms with Gasteiger partial charge in [0.1, 0.15) is 17.8 Å². The number of aldehydes is 1. The van der Waals surface area contributed by atoms with E-state index in [4.69, 9.17) is 4.74 Å². The summed E-state index contributed by atoms with van der Waals surface area (Å²) in [4.78, 5) is 10.8. The summed E-state index contributed by atoms with van der Waals surface area (Å²) >= 11 is 0. The Morgan fingerprint density at radius 2 is 1.89 bits per heavy atom. The van der Waals surface area contributed by atoms with Gasteiger partial charge in [0.25, 0.3) is 0 Å². The maximum atomic E-state index is 10.8. The second kappa shape index (κ2) is 5.70. The largest absolute Gasteiger partial charge is 0.457 e. The van der Waals surface area contributed by atoms with Crippen molar-refractivity contribution in [2.24, 2.45) is 0 Å². The molecule has 2 aromatic carbocycles. The lowest BCUT2D eigenvalue weighted by Gasteiger charge is -2.14. The highest BCUT2D eigenvalue weighted by Crippen LogP contribution is 2.31. The second-order valence-electron chi connectivity index (χ2n) is 4.99. The zero-order chi connectivity index (χ0) is 13.8. The molecule has 0 saturated heterocycles. The third kappa shape index (κ3) is 3.22. The zero-order valence-electron chi connectivity index (χ0n) is 11.5. The minimum Gasteiger partial charge on any atom is -0.457 e. The Morgan fingerprint density at radius 1 is 1.11 bits per heavy atom. The van der Waals surface area contributed by atoms with Gasteiger partial charge in [-0.2, -0.15) is 0 Å². The van der Waals surface area contributed by atoms with E-state index in [0.717, 1.165) is 17.6 Å². The SMILES string of the molecule is Cc1ccc(C(C)C)c(Oc2cccc(C=O)c2)c1. The summed E-state index contributed by atoms with van der Waals surface area (Å²) < 4.78 is 5.94. The first-order valence-corrected chi connectivity index (χ1v) is 6.44. The number of hydrogen-bond acceptors (Lipinski definition) is 2. The van der Waals surface area contributed by atoms with Gasteiger partial charge in [-0.15, -0.1) is 0 Å². The van der Waals surface area contributed by atoms with Crippen molar-refractivity contribution in [1.82, 2.24) is 0 Å². The number of ether oxygens (including phenoxy) is 1. The summed E-state index contributed by atoms with van der Waals surface area (Å²) in [5.74, 6) is 1.94. The number of rotatable bonds is 4. The van der Waals surface area contributed by atoms with Crippen molar-refractivity contribution in [2.45, 2.75) is 26.7 Å². The van der Waals surface area contributed by atoms with Crippen LogP contribution in [0.3, 0.4) is 0 Å². The van der Waals surface area contributed by atoms with Crippen LogP contribution in [0.1, 0.15) is 41.3 Å². The van der Waals surface area contributed by atoms with Gasteiger partial charge in [0.15, 0.2) is 0 Å². The molecule has 0 unspecified atom stereocenters. The smallest absolute Gasteiger partial charge is 0.150 e.